The third-order valence-corrected chi connectivity index (χ3v) is 4.72. The van der Waals surface area contributed by atoms with Gasteiger partial charge in [0.15, 0.2) is 5.13 Å². The fourth-order valence-electron chi connectivity index (χ4n) is 2.55. The number of hydrogen-bond donors (Lipinski definition) is 1. The van der Waals surface area contributed by atoms with Crippen LogP contribution in [0.4, 0.5) is 5.13 Å². The number of nitrogens with zero attached hydrogens (tertiary/aromatic N) is 3. The molecule has 0 spiro atoms. The largest absolute Gasteiger partial charge is 0.298 e. The van der Waals surface area contributed by atoms with Crippen LogP contribution in [0.25, 0.3) is 21.6 Å². The summed E-state index contributed by atoms with van der Waals surface area (Å²) in [6.07, 6.45) is 3.17. The van der Waals surface area contributed by atoms with Crippen LogP contribution >= 0.6 is 11.3 Å². The standard InChI is InChI=1S/C19H14N4OS/c1-12-4-2-3-5-14(12)15-6-7-16-18(21-15)25-19(22-16)23-17(24)13-8-10-20-11-9-13/h2-11H,1H3,(H,22,23,24). The Morgan fingerprint density at radius 2 is 1.80 bits per heavy atom. The fourth-order valence-corrected chi connectivity index (χ4v) is 3.39. The average molecular weight is 346 g/mol. The van der Waals surface area contributed by atoms with Gasteiger partial charge in [0.2, 0.25) is 0 Å². The van der Waals surface area contributed by atoms with E-state index >= 15 is 0 Å². The van der Waals surface area contributed by atoms with Crippen molar-refractivity contribution in [2.24, 2.45) is 0 Å². The quantitative estimate of drug-likeness (QED) is 0.600. The van der Waals surface area contributed by atoms with Crippen molar-refractivity contribution in [3.8, 4) is 11.3 Å². The first-order valence-electron chi connectivity index (χ1n) is 7.76. The Morgan fingerprint density at radius 1 is 1.00 bits per heavy atom. The van der Waals surface area contributed by atoms with E-state index in [1.54, 1.807) is 24.5 Å². The van der Waals surface area contributed by atoms with Crippen LogP contribution < -0.4 is 5.32 Å². The number of pyridine rings is 2. The molecule has 25 heavy (non-hydrogen) atoms. The molecule has 5 nitrogen and oxygen atoms in total. The zero-order chi connectivity index (χ0) is 17.2. The lowest BCUT2D eigenvalue weighted by molar-refractivity contribution is 0.102. The third-order valence-electron chi connectivity index (χ3n) is 3.84. The lowest BCUT2D eigenvalue weighted by Gasteiger charge is -2.03. The Morgan fingerprint density at radius 3 is 2.60 bits per heavy atom. The maximum atomic E-state index is 12.2. The Balaban J connectivity index is 1.65. The number of aryl methyl sites for hydroxylation is 1. The minimum absolute atomic E-state index is 0.208. The van der Waals surface area contributed by atoms with Gasteiger partial charge in [0.05, 0.1) is 5.69 Å². The Kier molecular flexibility index (Phi) is 3.95. The van der Waals surface area contributed by atoms with Crippen LogP contribution in [-0.2, 0) is 0 Å². The van der Waals surface area contributed by atoms with Gasteiger partial charge >= 0.3 is 0 Å². The third kappa shape index (κ3) is 3.12. The summed E-state index contributed by atoms with van der Waals surface area (Å²) in [6.45, 7) is 2.06. The number of amides is 1. The first-order valence-corrected chi connectivity index (χ1v) is 8.57. The summed E-state index contributed by atoms with van der Waals surface area (Å²) in [6, 6.07) is 15.3. The first kappa shape index (κ1) is 15.4. The molecule has 0 atom stereocenters. The molecule has 0 bridgehead atoms. The van der Waals surface area contributed by atoms with Crippen molar-refractivity contribution < 1.29 is 4.79 Å². The van der Waals surface area contributed by atoms with Crippen molar-refractivity contribution in [3.05, 3.63) is 72.1 Å². The summed E-state index contributed by atoms with van der Waals surface area (Å²) in [7, 11) is 0. The highest BCUT2D eigenvalue weighted by Crippen LogP contribution is 2.29. The van der Waals surface area contributed by atoms with Crippen molar-refractivity contribution in [2.45, 2.75) is 6.92 Å². The molecule has 0 aliphatic carbocycles. The predicted molar refractivity (Wildman–Crippen MR) is 99.8 cm³/mol. The second-order valence-electron chi connectivity index (χ2n) is 5.54. The normalized spacial score (nSPS) is 10.8. The second kappa shape index (κ2) is 6.41. The number of hydrogen-bond acceptors (Lipinski definition) is 5. The molecule has 0 aliphatic rings. The molecular weight excluding hydrogens is 332 g/mol. The van der Waals surface area contributed by atoms with E-state index in [9.17, 15) is 4.79 Å². The predicted octanol–water partition coefficient (Wildman–Crippen LogP) is 4.31. The van der Waals surface area contributed by atoms with Gasteiger partial charge in [-0.15, -0.1) is 0 Å². The Labute approximate surface area is 148 Å². The molecule has 0 unspecified atom stereocenters. The lowest BCUT2D eigenvalue weighted by Crippen LogP contribution is -2.11. The monoisotopic (exact) mass is 346 g/mol. The highest BCUT2D eigenvalue weighted by molar-refractivity contribution is 7.22. The molecule has 0 fully saturated rings. The zero-order valence-corrected chi connectivity index (χ0v) is 14.2. The number of fused-ring (bicyclic) bond motifs is 1. The summed E-state index contributed by atoms with van der Waals surface area (Å²) in [4.78, 5) is 26.1. The molecule has 0 radical (unpaired) electrons. The van der Waals surface area contributed by atoms with Crippen LogP contribution in [0.2, 0.25) is 0 Å². The van der Waals surface area contributed by atoms with Crippen LogP contribution in [0.15, 0.2) is 60.9 Å². The summed E-state index contributed by atoms with van der Waals surface area (Å²) in [5.74, 6) is -0.208. The van der Waals surface area contributed by atoms with Gasteiger partial charge in [-0.25, -0.2) is 9.97 Å². The first-order chi connectivity index (χ1) is 12.2. The number of rotatable bonds is 3. The van der Waals surface area contributed by atoms with E-state index in [0.29, 0.717) is 10.7 Å². The van der Waals surface area contributed by atoms with Crippen LogP contribution in [-0.4, -0.2) is 20.9 Å². The molecule has 1 N–H and O–H groups in total. The number of thiazole rings is 1. The lowest BCUT2D eigenvalue weighted by atomic mass is 10.1. The van der Waals surface area contributed by atoms with Crippen molar-refractivity contribution >= 4 is 32.7 Å². The van der Waals surface area contributed by atoms with Crippen LogP contribution in [0.1, 0.15) is 15.9 Å². The number of carbonyl (C=O) groups is 1. The average Bonchev–Trinajstić information content (AvgIpc) is 3.04. The summed E-state index contributed by atoms with van der Waals surface area (Å²) in [5, 5.41) is 3.35. The maximum Gasteiger partial charge on any atom is 0.257 e. The molecule has 3 aromatic heterocycles. The number of carbonyl (C=O) groups excluding carboxylic acids is 1. The summed E-state index contributed by atoms with van der Waals surface area (Å²) >= 11 is 1.37. The molecule has 6 heteroatoms. The molecule has 0 saturated heterocycles. The molecule has 4 aromatic rings. The van der Waals surface area contributed by atoms with Crippen LogP contribution in [0.3, 0.4) is 0 Å². The van der Waals surface area contributed by atoms with Crippen molar-refractivity contribution in [1.29, 1.82) is 0 Å². The summed E-state index contributed by atoms with van der Waals surface area (Å²) in [5.41, 5.74) is 4.49. The van der Waals surface area contributed by atoms with E-state index in [1.165, 1.54) is 16.9 Å². The highest BCUT2D eigenvalue weighted by Gasteiger charge is 2.12. The molecule has 1 aromatic carbocycles. The number of aromatic nitrogens is 3. The molecule has 0 saturated carbocycles. The van der Waals surface area contributed by atoms with Crippen LogP contribution in [0, 0.1) is 6.92 Å². The molecule has 3 heterocycles. The maximum absolute atomic E-state index is 12.2. The molecule has 4 rings (SSSR count). The van der Waals surface area contributed by atoms with E-state index in [1.807, 2.05) is 24.3 Å². The smallest absolute Gasteiger partial charge is 0.257 e. The van der Waals surface area contributed by atoms with Crippen molar-refractivity contribution in [1.82, 2.24) is 15.0 Å². The summed E-state index contributed by atoms with van der Waals surface area (Å²) < 4.78 is 0. The van der Waals surface area contributed by atoms with Crippen LogP contribution in [0.5, 0.6) is 0 Å². The van der Waals surface area contributed by atoms with E-state index in [0.717, 1.165) is 21.6 Å². The van der Waals surface area contributed by atoms with Gasteiger partial charge in [-0.05, 0) is 36.8 Å². The van der Waals surface area contributed by atoms with Gasteiger partial charge in [0.1, 0.15) is 10.3 Å². The second-order valence-corrected chi connectivity index (χ2v) is 6.52. The van der Waals surface area contributed by atoms with E-state index in [4.69, 9.17) is 4.98 Å². The van der Waals surface area contributed by atoms with Gasteiger partial charge in [0.25, 0.3) is 5.91 Å². The van der Waals surface area contributed by atoms with Gasteiger partial charge in [-0.1, -0.05) is 35.6 Å². The van der Waals surface area contributed by atoms with Gasteiger partial charge < -0.3 is 0 Å². The SMILES string of the molecule is Cc1ccccc1-c1ccc2nc(NC(=O)c3ccncc3)sc2n1. The Bertz CT molecular complexity index is 1060. The molecular formula is C19H14N4OS. The molecule has 122 valence electrons. The van der Waals surface area contributed by atoms with Gasteiger partial charge in [-0.3, -0.25) is 15.1 Å². The topological polar surface area (TPSA) is 67.8 Å². The Hall–Kier alpha value is -3.12. The van der Waals surface area contributed by atoms with Gasteiger partial charge in [0, 0.05) is 23.5 Å². The van der Waals surface area contributed by atoms with Crippen molar-refractivity contribution in [2.75, 3.05) is 5.32 Å². The number of benzene rings is 1. The number of anilines is 1. The van der Waals surface area contributed by atoms with E-state index in [2.05, 4.69) is 34.3 Å². The molecule has 0 aliphatic heterocycles. The van der Waals surface area contributed by atoms with Crippen molar-refractivity contribution in [3.63, 3.8) is 0 Å². The zero-order valence-electron chi connectivity index (χ0n) is 13.4. The highest BCUT2D eigenvalue weighted by atomic mass is 32.1. The van der Waals surface area contributed by atoms with Gasteiger partial charge in [-0.2, -0.15) is 0 Å². The van der Waals surface area contributed by atoms with E-state index in [-0.39, 0.29) is 5.91 Å². The van der Waals surface area contributed by atoms with E-state index < -0.39 is 0 Å². The number of nitrogens with one attached hydrogen (secondary N) is 1. The minimum Gasteiger partial charge on any atom is -0.298 e. The minimum atomic E-state index is -0.208. The fraction of sp³-hybridized carbons (Fsp3) is 0.0526. The molecule has 1 amide bonds.